The van der Waals surface area contributed by atoms with E-state index in [0.29, 0.717) is 5.69 Å². The lowest BCUT2D eigenvalue weighted by molar-refractivity contribution is -0.127. The van der Waals surface area contributed by atoms with Crippen LogP contribution in [0.4, 0.5) is 5.69 Å². The minimum absolute atomic E-state index is 0.119. The Morgan fingerprint density at radius 1 is 1.14 bits per heavy atom. The molecule has 0 unspecified atom stereocenters. The topological polar surface area (TPSA) is 58.2 Å². The maximum Gasteiger partial charge on any atom is 0.233 e. The molecule has 1 saturated carbocycles. The second-order valence-electron chi connectivity index (χ2n) is 5.94. The normalized spacial score (nSPS) is 15.9. The van der Waals surface area contributed by atoms with Crippen molar-refractivity contribution in [3.05, 3.63) is 28.2 Å². The second-order valence-corrected chi connectivity index (χ2v) is 6.80. The molecule has 2 amide bonds. The minimum atomic E-state index is -0.271. The highest BCUT2D eigenvalue weighted by molar-refractivity contribution is 9.10. The average molecular weight is 367 g/mol. The van der Waals surface area contributed by atoms with E-state index in [2.05, 4.69) is 26.6 Å². The molecule has 1 fully saturated rings. The molecular weight excluding hydrogens is 344 g/mol. The molecule has 0 aliphatic heterocycles. The quantitative estimate of drug-likeness (QED) is 0.626. The molecule has 0 heterocycles. The highest BCUT2D eigenvalue weighted by atomic mass is 79.9. The van der Waals surface area contributed by atoms with Gasteiger partial charge in [-0.1, -0.05) is 41.6 Å². The van der Waals surface area contributed by atoms with Crippen molar-refractivity contribution in [2.75, 3.05) is 5.32 Å². The van der Waals surface area contributed by atoms with Crippen LogP contribution in [0.15, 0.2) is 22.7 Å². The van der Waals surface area contributed by atoms with Crippen molar-refractivity contribution < 1.29 is 9.59 Å². The van der Waals surface area contributed by atoms with Gasteiger partial charge in [0, 0.05) is 16.2 Å². The predicted octanol–water partition coefficient (Wildman–Crippen LogP) is 3.93. The van der Waals surface area contributed by atoms with Gasteiger partial charge in [-0.2, -0.15) is 0 Å². The number of carbonyl (C=O) groups excluding carboxylic acids is 2. The van der Waals surface area contributed by atoms with Crippen LogP contribution in [0.1, 0.15) is 50.5 Å². The van der Waals surface area contributed by atoms with Crippen molar-refractivity contribution in [2.24, 2.45) is 0 Å². The van der Waals surface area contributed by atoms with E-state index in [4.69, 9.17) is 0 Å². The number of aryl methyl sites for hydroxylation is 1. The van der Waals surface area contributed by atoms with Crippen LogP contribution < -0.4 is 10.6 Å². The first-order chi connectivity index (χ1) is 10.5. The summed E-state index contributed by atoms with van der Waals surface area (Å²) in [4.78, 5) is 23.9. The fraction of sp³-hybridized carbons (Fsp3) is 0.529. The van der Waals surface area contributed by atoms with E-state index in [-0.39, 0.29) is 24.3 Å². The van der Waals surface area contributed by atoms with Crippen molar-refractivity contribution in [1.29, 1.82) is 0 Å². The first-order valence-electron chi connectivity index (χ1n) is 7.90. The molecule has 2 rings (SSSR count). The first kappa shape index (κ1) is 17.0. The number of benzene rings is 1. The summed E-state index contributed by atoms with van der Waals surface area (Å²) in [5.41, 5.74) is 1.76. The molecule has 1 aliphatic carbocycles. The second kappa shape index (κ2) is 8.32. The standard InChI is InChI=1S/C17H23BrN2O2/c1-12-10-14(8-9-15(12)18)20-17(22)11-16(21)19-13-6-4-2-3-5-7-13/h8-10,13H,2-7,11H2,1H3,(H,19,21)(H,20,22). The highest BCUT2D eigenvalue weighted by Crippen LogP contribution is 2.20. The van der Waals surface area contributed by atoms with E-state index >= 15 is 0 Å². The van der Waals surface area contributed by atoms with Crippen LogP contribution in [0.5, 0.6) is 0 Å². The van der Waals surface area contributed by atoms with Crippen LogP contribution in [-0.2, 0) is 9.59 Å². The number of amides is 2. The zero-order valence-corrected chi connectivity index (χ0v) is 14.5. The first-order valence-corrected chi connectivity index (χ1v) is 8.69. The molecule has 22 heavy (non-hydrogen) atoms. The molecule has 4 nitrogen and oxygen atoms in total. The molecule has 1 aromatic rings. The number of halogens is 1. The number of carbonyl (C=O) groups is 2. The van der Waals surface area contributed by atoms with E-state index < -0.39 is 0 Å². The maximum absolute atomic E-state index is 12.0. The summed E-state index contributed by atoms with van der Waals surface area (Å²) in [6.45, 7) is 1.96. The van der Waals surface area contributed by atoms with Gasteiger partial charge in [0.25, 0.3) is 0 Å². The van der Waals surface area contributed by atoms with E-state index in [1.807, 2.05) is 25.1 Å². The van der Waals surface area contributed by atoms with Crippen molar-refractivity contribution >= 4 is 33.4 Å². The number of rotatable bonds is 4. The monoisotopic (exact) mass is 366 g/mol. The summed E-state index contributed by atoms with van der Waals surface area (Å²) < 4.78 is 0.997. The third-order valence-electron chi connectivity index (χ3n) is 3.98. The Balaban J connectivity index is 1.80. The summed E-state index contributed by atoms with van der Waals surface area (Å²) in [5, 5.41) is 5.76. The lowest BCUT2D eigenvalue weighted by atomic mass is 10.1. The lowest BCUT2D eigenvalue weighted by Crippen LogP contribution is -2.36. The molecule has 0 spiro atoms. The van der Waals surface area contributed by atoms with Gasteiger partial charge in [-0.25, -0.2) is 0 Å². The number of anilines is 1. The van der Waals surface area contributed by atoms with Crippen LogP contribution >= 0.6 is 15.9 Å². The molecule has 5 heteroatoms. The average Bonchev–Trinajstić information content (AvgIpc) is 2.71. The van der Waals surface area contributed by atoms with Gasteiger partial charge in [0.2, 0.25) is 11.8 Å². The van der Waals surface area contributed by atoms with Crippen LogP contribution in [0.2, 0.25) is 0 Å². The molecule has 1 aliphatic rings. The molecular formula is C17H23BrN2O2. The van der Waals surface area contributed by atoms with Gasteiger partial charge >= 0.3 is 0 Å². The minimum Gasteiger partial charge on any atom is -0.353 e. The fourth-order valence-corrected chi connectivity index (χ4v) is 3.02. The van der Waals surface area contributed by atoms with E-state index in [1.54, 1.807) is 0 Å². The molecule has 0 bridgehead atoms. The predicted molar refractivity (Wildman–Crippen MR) is 91.8 cm³/mol. The Hall–Kier alpha value is -1.36. The van der Waals surface area contributed by atoms with Crippen molar-refractivity contribution in [2.45, 2.75) is 57.9 Å². The van der Waals surface area contributed by atoms with Gasteiger partial charge in [0.05, 0.1) is 0 Å². The summed E-state index contributed by atoms with van der Waals surface area (Å²) in [6, 6.07) is 5.82. The largest absolute Gasteiger partial charge is 0.353 e. The summed E-state index contributed by atoms with van der Waals surface area (Å²) >= 11 is 3.42. The summed E-state index contributed by atoms with van der Waals surface area (Å²) in [5.74, 6) is -0.453. The summed E-state index contributed by atoms with van der Waals surface area (Å²) in [7, 11) is 0. The van der Waals surface area contributed by atoms with Gasteiger partial charge in [0.1, 0.15) is 6.42 Å². The zero-order chi connectivity index (χ0) is 15.9. The third kappa shape index (κ3) is 5.44. The van der Waals surface area contributed by atoms with Crippen LogP contribution in [0.25, 0.3) is 0 Å². The smallest absolute Gasteiger partial charge is 0.233 e. The van der Waals surface area contributed by atoms with Gasteiger partial charge in [-0.15, -0.1) is 0 Å². The van der Waals surface area contributed by atoms with Crippen LogP contribution in [0.3, 0.4) is 0 Å². The Morgan fingerprint density at radius 2 is 1.82 bits per heavy atom. The van der Waals surface area contributed by atoms with Gasteiger partial charge in [-0.05, 0) is 43.5 Å². The Bertz CT molecular complexity index is 537. The molecule has 0 saturated heterocycles. The Labute approximate surface area is 140 Å². The van der Waals surface area contributed by atoms with Crippen molar-refractivity contribution in [3.8, 4) is 0 Å². The fourth-order valence-electron chi connectivity index (χ4n) is 2.78. The van der Waals surface area contributed by atoms with Crippen LogP contribution in [-0.4, -0.2) is 17.9 Å². The van der Waals surface area contributed by atoms with E-state index in [1.165, 1.54) is 12.8 Å². The number of hydrogen-bond donors (Lipinski definition) is 2. The van der Waals surface area contributed by atoms with E-state index in [9.17, 15) is 9.59 Å². The third-order valence-corrected chi connectivity index (χ3v) is 4.87. The number of hydrogen-bond acceptors (Lipinski definition) is 2. The molecule has 1 aromatic carbocycles. The zero-order valence-electron chi connectivity index (χ0n) is 13.0. The maximum atomic E-state index is 12.0. The van der Waals surface area contributed by atoms with Gasteiger partial charge in [0.15, 0.2) is 0 Å². The molecule has 0 atom stereocenters. The molecule has 2 N–H and O–H groups in total. The number of nitrogens with one attached hydrogen (secondary N) is 2. The molecule has 120 valence electrons. The molecule has 0 radical (unpaired) electrons. The van der Waals surface area contributed by atoms with Gasteiger partial charge in [-0.3, -0.25) is 9.59 Å². The molecule has 0 aromatic heterocycles. The van der Waals surface area contributed by atoms with Gasteiger partial charge < -0.3 is 10.6 Å². The van der Waals surface area contributed by atoms with E-state index in [0.717, 1.165) is 35.7 Å². The van der Waals surface area contributed by atoms with Crippen molar-refractivity contribution in [3.63, 3.8) is 0 Å². The summed E-state index contributed by atoms with van der Waals surface area (Å²) in [6.07, 6.45) is 6.75. The lowest BCUT2D eigenvalue weighted by Gasteiger charge is -2.16. The Morgan fingerprint density at radius 3 is 2.45 bits per heavy atom. The highest BCUT2D eigenvalue weighted by Gasteiger charge is 2.16. The Kier molecular flexibility index (Phi) is 6.43. The SMILES string of the molecule is Cc1cc(NC(=O)CC(=O)NC2CCCCCC2)ccc1Br. The van der Waals surface area contributed by atoms with Crippen molar-refractivity contribution in [1.82, 2.24) is 5.32 Å². The van der Waals surface area contributed by atoms with Crippen LogP contribution in [0, 0.1) is 6.92 Å².